The number of nitriles is 1. The van der Waals surface area contributed by atoms with E-state index in [1.54, 1.807) is 11.9 Å². The molecule has 84 valence electrons. The van der Waals surface area contributed by atoms with Crippen LogP contribution in [0.1, 0.15) is 6.42 Å². The third-order valence-electron chi connectivity index (χ3n) is 1.93. The smallest absolute Gasteiger partial charge is 0.313 e. The molecule has 1 heterocycles. The Hall–Kier alpha value is -1.87. The summed E-state index contributed by atoms with van der Waals surface area (Å²) >= 11 is 5.63. The summed E-state index contributed by atoms with van der Waals surface area (Å²) in [5, 5.41) is 19.4. The van der Waals surface area contributed by atoms with Gasteiger partial charge in [0.15, 0.2) is 0 Å². The highest BCUT2D eigenvalue weighted by Crippen LogP contribution is 2.27. The molecule has 0 aromatic carbocycles. The van der Waals surface area contributed by atoms with Crippen LogP contribution in [0.2, 0.25) is 5.02 Å². The highest BCUT2D eigenvalue weighted by Gasteiger charge is 2.19. The summed E-state index contributed by atoms with van der Waals surface area (Å²) in [5.74, 6) is 0.213. The highest BCUT2D eigenvalue weighted by molar-refractivity contribution is 6.30. The van der Waals surface area contributed by atoms with Gasteiger partial charge in [-0.05, 0) is 0 Å². The van der Waals surface area contributed by atoms with Crippen LogP contribution in [0.25, 0.3) is 0 Å². The lowest BCUT2D eigenvalue weighted by Crippen LogP contribution is -2.20. The van der Waals surface area contributed by atoms with Gasteiger partial charge in [-0.2, -0.15) is 5.26 Å². The van der Waals surface area contributed by atoms with Crippen molar-refractivity contribution in [1.29, 1.82) is 5.26 Å². The molecule has 0 radical (unpaired) electrons. The Morgan fingerprint density at radius 1 is 1.75 bits per heavy atom. The fraction of sp³-hybridized carbons (Fsp3) is 0.333. The molecule has 0 amide bonds. The average Bonchev–Trinajstić information content (AvgIpc) is 2.25. The summed E-state index contributed by atoms with van der Waals surface area (Å²) < 4.78 is 0. The van der Waals surface area contributed by atoms with Gasteiger partial charge in [-0.1, -0.05) is 11.6 Å². The first-order chi connectivity index (χ1) is 7.56. The SMILES string of the molecule is CN(CCC#N)c1ncc(Cl)cc1[N+](=O)[O-]. The predicted molar refractivity (Wildman–Crippen MR) is 59.4 cm³/mol. The molecule has 0 N–H and O–H groups in total. The van der Waals surface area contributed by atoms with Crippen LogP contribution >= 0.6 is 11.6 Å². The van der Waals surface area contributed by atoms with Crippen molar-refractivity contribution >= 4 is 23.1 Å². The minimum absolute atomic E-state index is 0.159. The van der Waals surface area contributed by atoms with Crippen molar-refractivity contribution in [2.24, 2.45) is 0 Å². The molecule has 0 atom stereocenters. The molecule has 1 rings (SSSR count). The van der Waals surface area contributed by atoms with Gasteiger partial charge in [-0.15, -0.1) is 0 Å². The van der Waals surface area contributed by atoms with E-state index in [0.29, 0.717) is 6.54 Å². The van der Waals surface area contributed by atoms with Crippen LogP contribution < -0.4 is 4.90 Å². The van der Waals surface area contributed by atoms with E-state index in [4.69, 9.17) is 16.9 Å². The maximum atomic E-state index is 10.8. The fourth-order valence-corrected chi connectivity index (χ4v) is 1.33. The quantitative estimate of drug-likeness (QED) is 0.594. The fourth-order valence-electron chi connectivity index (χ4n) is 1.17. The maximum absolute atomic E-state index is 10.8. The van der Waals surface area contributed by atoms with Gasteiger partial charge in [0.1, 0.15) is 0 Å². The zero-order chi connectivity index (χ0) is 12.1. The number of rotatable bonds is 4. The Morgan fingerprint density at radius 3 is 3.00 bits per heavy atom. The first-order valence-corrected chi connectivity index (χ1v) is 4.82. The molecule has 1 aromatic heterocycles. The van der Waals surface area contributed by atoms with Gasteiger partial charge in [0.2, 0.25) is 5.82 Å². The number of anilines is 1. The second-order valence-corrected chi connectivity index (χ2v) is 3.52. The van der Waals surface area contributed by atoms with Crippen molar-refractivity contribution in [3.8, 4) is 6.07 Å². The number of hydrogen-bond acceptors (Lipinski definition) is 5. The molecule has 16 heavy (non-hydrogen) atoms. The van der Waals surface area contributed by atoms with Crippen LogP contribution in [-0.4, -0.2) is 23.5 Å². The molecular weight excluding hydrogens is 232 g/mol. The van der Waals surface area contributed by atoms with E-state index in [2.05, 4.69) is 4.98 Å². The summed E-state index contributed by atoms with van der Waals surface area (Å²) in [5.41, 5.74) is -0.159. The first-order valence-electron chi connectivity index (χ1n) is 4.44. The van der Waals surface area contributed by atoms with Crippen molar-refractivity contribution in [2.75, 3.05) is 18.5 Å². The molecule has 7 heteroatoms. The predicted octanol–water partition coefficient (Wildman–Crippen LogP) is 1.99. The number of aromatic nitrogens is 1. The first kappa shape index (κ1) is 12.2. The normalized spacial score (nSPS) is 9.56. The van der Waals surface area contributed by atoms with Gasteiger partial charge in [-0.25, -0.2) is 4.98 Å². The third-order valence-corrected chi connectivity index (χ3v) is 2.14. The van der Waals surface area contributed by atoms with Gasteiger partial charge in [0.05, 0.1) is 22.4 Å². The monoisotopic (exact) mass is 240 g/mol. The molecule has 1 aromatic rings. The Morgan fingerprint density at radius 2 is 2.44 bits per heavy atom. The van der Waals surface area contributed by atoms with E-state index < -0.39 is 4.92 Å². The molecule has 0 unspecified atom stereocenters. The van der Waals surface area contributed by atoms with E-state index in [0.717, 1.165) is 0 Å². The molecule has 6 nitrogen and oxygen atoms in total. The Kier molecular flexibility index (Phi) is 4.03. The van der Waals surface area contributed by atoms with E-state index in [1.807, 2.05) is 6.07 Å². The number of nitrogens with zero attached hydrogens (tertiary/aromatic N) is 4. The lowest BCUT2D eigenvalue weighted by Gasteiger charge is -2.15. The van der Waals surface area contributed by atoms with Crippen LogP contribution in [0.3, 0.4) is 0 Å². The van der Waals surface area contributed by atoms with E-state index in [-0.39, 0.29) is 22.9 Å². The van der Waals surface area contributed by atoms with Crippen molar-refractivity contribution in [3.05, 3.63) is 27.4 Å². The molecule has 0 fully saturated rings. The highest BCUT2D eigenvalue weighted by atomic mass is 35.5. The summed E-state index contributed by atoms with van der Waals surface area (Å²) in [7, 11) is 1.64. The van der Waals surface area contributed by atoms with Gasteiger partial charge in [0.25, 0.3) is 0 Å². The van der Waals surface area contributed by atoms with Crippen molar-refractivity contribution in [3.63, 3.8) is 0 Å². The third kappa shape index (κ3) is 2.81. The van der Waals surface area contributed by atoms with Crippen molar-refractivity contribution in [2.45, 2.75) is 6.42 Å². The second kappa shape index (κ2) is 5.28. The molecule has 0 bridgehead atoms. The van der Waals surface area contributed by atoms with Gasteiger partial charge < -0.3 is 4.90 Å². The van der Waals surface area contributed by atoms with E-state index in [1.165, 1.54) is 12.3 Å². The summed E-state index contributed by atoms with van der Waals surface area (Å²) in [4.78, 5) is 15.7. The van der Waals surface area contributed by atoms with Crippen LogP contribution in [0.15, 0.2) is 12.3 Å². The number of nitro groups is 1. The van der Waals surface area contributed by atoms with Crippen molar-refractivity contribution in [1.82, 2.24) is 4.98 Å². The van der Waals surface area contributed by atoms with Crippen molar-refractivity contribution < 1.29 is 4.92 Å². The summed E-state index contributed by atoms with van der Waals surface area (Å²) in [6, 6.07) is 3.21. The lowest BCUT2D eigenvalue weighted by atomic mass is 10.3. The van der Waals surface area contributed by atoms with Crippen LogP contribution in [0.5, 0.6) is 0 Å². The molecule has 0 aliphatic carbocycles. The second-order valence-electron chi connectivity index (χ2n) is 3.08. The number of halogens is 1. The minimum atomic E-state index is -0.545. The standard InChI is InChI=1S/C9H9ClN4O2/c1-13(4-2-3-11)9-8(14(15)16)5-7(10)6-12-9/h5-6H,2,4H2,1H3. The number of pyridine rings is 1. The van der Waals surface area contributed by atoms with Gasteiger partial charge in [-0.3, -0.25) is 10.1 Å². The summed E-state index contributed by atoms with van der Waals surface area (Å²) in [6.45, 7) is 0.381. The zero-order valence-electron chi connectivity index (χ0n) is 8.55. The van der Waals surface area contributed by atoms with Crippen LogP contribution in [0, 0.1) is 21.4 Å². The average molecular weight is 241 g/mol. The molecule has 0 aliphatic heterocycles. The molecule has 0 spiro atoms. The molecule has 0 saturated carbocycles. The van der Waals surface area contributed by atoms with E-state index >= 15 is 0 Å². The van der Waals surface area contributed by atoms with Gasteiger partial charge >= 0.3 is 5.69 Å². The zero-order valence-corrected chi connectivity index (χ0v) is 9.31. The topological polar surface area (TPSA) is 83.1 Å². The Bertz CT molecular complexity index is 444. The lowest BCUT2D eigenvalue weighted by molar-refractivity contribution is -0.384. The molecule has 0 saturated heterocycles. The van der Waals surface area contributed by atoms with Gasteiger partial charge in [0, 0.05) is 25.9 Å². The Balaban J connectivity index is 3.03. The van der Waals surface area contributed by atoms with Crippen LogP contribution in [0.4, 0.5) is 11.5 Å². The summed E-state index contributed by atoms with van der Waals surface area (Å²) in [6.07, 6.45) is 1.62. The minimum Gasteiger partial charge on any atom is -0.353 e. The van der Waals surface area contributed by atoms with E-state index in [9.17, 15) is 10.1 Å². The number of hydrogen-bond donors (Lipinski definition) is 0. The molecule has 0 aliphatic rings. The maximum Gasteiger partial charge on any atom is 0.313 e. The van der Waals surface area contributed by atoms with Crippen LogP contribution in [-0.2, 0) is 0 Å². The Labute approximate surface area is 97.2 Å². The largest absolute Gasteiger partial charge is 0.353 e. The molecular formula is C9H9ClN4O2.